The lowest BCUT2D eigenvalue weighted by Gasteiger charge is -2.35. The van der Waals surface area contributed by atoms with Crippen LogP contribution in [0.1, 0.15) is 36.0 Å². The normalized spacial score (nSPS) is 28.4. The summed E-state index contributed by atoms with van der Waals surface area (Å²) in [7, 11) is 1.77. The van der Waals surface area contributed by atoms with Gasteiger partial charge in [0, 0.05) is 30.2 Å². The number of hydrogen-bond acceptors (Lipinski definition) is 2. The zero-order valence-electron chi connectivity index (χ0n) is 11.4. The van der Waals surface area contributed by atoms with Gasteiger partial charge in [-0.15, -0.1) is 0 Å². The van der Waals surface area contributed by atoms with Gasteiger partial charge in [-0.25, -0.2) is 4.39 Å². The zero-order valence-corrected chi connectivity index (χ0v) is 12.2. The second kappa shape index (κ2) is 5.34. The molecule has 0 aliphatic carbocycles. The number of carbonyl (C=O) groups excluding carboxylic acids is 1. The molecule has 2 aliphatic heterocycles. The van der Waals surface area contributed by atoms with Crippen LogP contribution in [0.15, 0.2) is 18.2 Å². The Morgan fingerprint density at radius 3 is 2.60 bits per heavy atom. The van der Waals surface area contributed by atoms with E-state index in [1.54, 1.807) is 18.0 Å². The third kappa shape index (κ3) is 2.54. The minimum absolute atomic E-state index is 0.0998. The van der Waals surface area contributed by atoms with Crippen molar-refractivity contribution in [1.29, 1.82) is 0 Å². The first-order chi connectivity index (χ1) is 9.54. The van der Waals surface area contributed by atoms with Gasteiger partial charge in [0.2, 0.25) is 0 Å². The first kappa shape index (κ1) is 13.8. The minimum atomic E-state index is -0.550. The van der Waals surface area contributed by atoms with E-state index in [1.165, 1.54) is 25.0 Å². The van der Waals surface area contributed by atoms with Crippen molar-refractivity contribution in [2.45, 2.75) is 43.8 Å². The Morgan fingerprint density at radius 2 is 2.00 bits per heavy atom. The third-order valence-corrected chi connectivity index (χ3v) is 4.71. The number of benzene rings is 1. The number of nitrogens with zero attached hydrogens (tertiary/aromatic N) is 1. The molecule has 3 rings (SSSR count). The Labute approximate surface area is 123 Å². The fourth-order valence-corrected chi connectivity index (χ4v) is 3.52. The summed E-state index contributed by atoms with van der Waals surface area (Å²) in [6.07, 6.45) is 4.26. The molecule has 108 valence electrons. The summed E-state index contributed by atoms with van der Waals surface area (Å²) >= 11 is 5.72. The molecule has 0 radical (unpaired) electrons. The molecule has 20 heavy (non-hydrogen) atoms. The number of nitrogens with one attached hydrogen (secondary N) is 1. The maximum absolute atomic E-state index is 13.8. The summed E-state index contributed by atoms with van der Waals surface area (Å²) in [5.74, 6) is -0.809. The molecule has 3 nitrogen and oxygen atoms in total. The summed E-state index contributed by atoms with van der Waals surface area (Å²) < 4.78 is 13.8. The summed E-state index contributed by atoms with van der Waals surface area (Å²) in [6.45, 7) is 0. The van der Waals surface area contributed by atoms with Crippen molar-refractivity contribution < 1.29 is 9.18 Å². The van der Waals surface area contributed by atoms with Crippen molar-refractivity contribution in [3.63, 3.8) is 0 Å². The molecule has 2 fully saturated rings. The van der Waals surface area contributed by atoms with Gasteiger partial charge in [-0.3, -0.25) is 4.79 Å². The highest BCUT2D eigenvalue weighted by Crippen LogP contribution is 2.30. The Bertz CT molecular complexity index is 525. The fraction of sp³-hybridized carbons (Fsp3) is 0.533. The van der Waals surface area contributed by atoms with Crippen molar-refractivity contribution in [3.05, 3.63) is 34.6 Å². The van der Waals surface area contributed by atoms with Gasteiger partial charge in [-0.2, -0.15) is 0 Å². The third-order valence-electron chi connectivity index (χ3n) is 4.48. The van der Waals surface area contributed by atoms with Crippen molar-refractivity contribution in [2.75, 3.05) is 7.05 Å². The lowest BCUT2D eigenvalue weighted by Crippen LogP contribution is -2.48. The zero-order chi connectivity index (χ0) is 14.3. The molecular formula is C15H18ClFN2O. The van der Waals surface area contributed by atoms with Crippen molar-refractivity contribution in [2.24, 2.45) is 0 Å². The second-order valence-corrected chi connectivity index (χ2v) is 6.24. The molecule has 2 atom stereocenters. The number of rotatable bonds is 2. The predicted octanol–water partition coefficient (Wildman–Crippen LogP) is 2.83. The van der Waals surface area contributed by atoms with E-state index in [0.717, 1.165) is 12.8 Å². The van der Waals surface area contributed by atoms with Crippen molar-refractivity contribution in [1.82, 2.24) is 10.2 Å². The van der Waals surface area contributed by atoms with E-state index in [1.807, 2.05) is 0 Å². The molecule has 1 amide bonds. The molecule has 0 saturated carbocycles. The molecule has 0 spiro atoms. The lowest BCUT2D eigenvalue weighted by atomic mass is 9.98. The van der Waals surface area contributed by atoms with E-state index >= 15 is 0 Å². The van der Waals surface area contributed by atoms with Crippen LogP contribution >= 0.6 is 11.6 Å². The monoisotopic (exact) mass is 296 g/mol. The Balaban J connectivity index is 1.76. The molecule has 1 aromatic rings. The molecule has 2 unspecified atom stereocenters. The number of halogens is 2. The van der Waals surface area contributed by atoms with Crippen LogP contribution in [-0.2, 0) is 0 Å². The average Bonchev–Trinajstić information content (AvgIpc) is 2.76. The maximum atomic E-state index is 13.8. The van der Waals surface area contributed by atoms with Gasteiger partial charge in [0.05, 0.1) is 5.56 Å². The Kier molecular flexibility index (Phi) is 3.69. The fourth-order valence-electron chi connectivity index (χ4n) is 3.36. The van der Waals surface area contributed by atoms with Crippen molar-refractivity contribution >= 4 is 17.5 Å². The van der Waals surface area contributed by atoms with Crippen LogP contribution in [0, 0.1) is 5.82 Å². The number of amides is 1. The smallest absolute Gasteiger partial charge is 0.256 e. The summed E-state index contributed by atoms with van der Waals surface area (Å²) in [5, 5.41) is 3.85. The molecule has 1 N–H and O–H groups in total. The first-order valence-electron chi connectivity index (χ1n) is 7.03. The number of carbonyl (C=O) groups is 1. The summed E-state index contributed by atoms with van der Waals surface area (Å²) in [4.78, 5) is 14.1. The highest BCUT2D eigenvalue weighted by molar-refractivity contribution is 6.30. The number of fused-ring (bicyclic) bond motifs is 2. The van der Waals surface area contributed by atoms with Gasteiger partial charge >= 0.3 is 0 Å². The van der Waals surface area contributed by atoms with Crippen molar-refractivity contribution in [3.8, 4) is 0 Å². The van der Waals surface area contributed by atoms with E-state index in [9.17, 15) is 9.18 Å². The van der Waals surface area contributed by atoms with Gasteiger partial charge in [-0.05, 0) is 43.9 Å². The molecule has 2 bridgehead atoms. The molecule has 2 saturated heterocycles. The minimum Gasteiger partial charge on any atom is -0.339 e. The van der Waals surface area contributed by atoms with Crippen LogP contribution in [0.25, 0.3) is 0 Å². The predicted molar refractivity (Wildman–Crippen MR) is 76.5 cm³/mol. The van der Waals surface area contributed by atoms with Crippen LogP contribution in [0.4, 0.5) is 4.39 Å². The van der Waals surface area contributed by atoms with E-state index in [0.29, 0.717) is 17.1 Å². The van der Waals surface area contributed by atoms with Crippen LogP contribution in [0.3, 0.4) is 0 Å². The van der Waals surface area contributed by atoms with E-state index in [2.05, 4.69) is 5.32 Å². The Hall–Kier alpha value is -1.13. The molecule has 2 aliphatic rings. The van der Waals surface area contributed by atoms with Gasteiger partial charge in [0.15, 0.2) is 0 Å². The SMILES string of the molecule is CN(C(=O)c1ccc(Cl)cc1F)C1CC2CCC(C1)N2. The quantitative estimate of drug-likeness (QED) is 0.910. The van der Waals surface area contributed by atoms with Crippen LogP contribution in [0.5, 0.6) is 0 Å². The average molecular weight is 297 g/mol. The van der Waals surface area contributed by atoms with E-state index < -0.39 is 5.82 Å². The van der Waals surface area contributed by atoms with Crippen LogP contribution in [0.2, 0.25) is 5.02 Å². The maximum Gasteiger partial charge on any atom is 0.256 e. The van der Waals surface area contributed by atoms with Gasteiger partial charge in [-0.1, -0.05) is 11.6 Å². The second-order valence-electron chi connectivity index (χ2n) is 5.80. The molecule has 5 heteroatoms. The highest BCUT2D eigenvalue weighted by Gasteiger charge is 2.36. The first-order valence-corrected chi connectivity index (χ1v) is 7.40. The van der Waals surface area contributed by atoms with Crippen LogP contribution in [-0.4, -0.2) is 36.0 Å². The van der Waals surface area contributed by atoms with Gasteiger partial charge in [0.1, 0.15) is 5.82 Å². The Morgan fingerprint density at radius 1 is 1.35 bits per heavy atom. The van der Waals surface area contributed by atoms with Crippen LogP contribution < -0.4 is 5.32 Å². The van der Waals surface area contributed by atoms with Gasteiger partial charge < -0.3 is 10.2 Å². The number of piperidine rings is 1. The lowest BCUT2D eigenvalue weighted by molar-refractivity contribution is 0.0677. The number of hydrogen-bond donors (Lipinski definition) is 1. The van der Waals surface area contributed by atoms with Gasteiger partial charge in [0.25, 0.3) is 5.91 Å². The standard InChI is InChI=1S/C15H18ClFN2O/c1-19(12-7-10-3-4-11(8-12)18-10)15(20)13-5-2-9(16)6-14(13)17/h2,5-6,10-12,18H,3-4,7-8H2,1H3. The molecular weight excluding hydrogens is 279 g/mol. The topological polar surface area (TPSA) is 32.3 Å². The summed E-state index contributed by atoms with van der Waals surface area (Å²) in [6, 6.07) is 5.41. The van der Waals surface area contributed by atoms with E-state index in [-0.39, 0.29) is 17.5 Å². The molecule has 1 aromatic carbocycles. The molecule has 2 heterocycles. The largest absolute Gasteiger partial charge is 0.339 e. The highest BCUT2D eigenvalue weighted by atomic mass is 35.5. The van der Waals surface area contributed by atoms with E-state index in [4.69, 9.17) is 11.6 Å². The summed E-state index contributed by atoms with van der Waals surface area (Å²) in [5.41, 5.74) is 0.0998. The molecule has 0 aromatic heterocycles.